The lowest BCUT2D eigenvalue weighted by Crippen LogP contribution is -2.28. The Morgan fingerprint density at radius 1 is 1.03 bits per heavy atom. The topological polar surface area (TPSA) is 96.4 Å². The van der Waals surface area contributed by atoms with E-state index < -0.39 is 21.8 Å². The van der Waals surface area contributed by atoms with E-state index in [0.717, 1.165) is 23.1 Å². The van der Waals surface area contributed by atoms with E-state index in [-0.39, 0.29) is 17.0 Å². The number of hydrogen-bond acceptors (Lipinski definition) is 5. The number of aliphatic hydroxyl groups excluding tert-OH is 1. The number of carbonyl (C=O) groups is 1. The van der Waals surface area contributed by atoms with E-state index in [1.165, 1.54) is 6.07 Å². The van der Waals surface area contributed by atoms with Gasteiger partial charge in [-0.3, -0.25) is 9.78 Å². The van der Waals surface area contributed by atoms with E-state index in [2.05, 4.69) is 10.3 Å². The van der Waals surface area contributed by atoms with Gasteiger partial charge in [-0.2, -0.15) is 0 Å². The Balaban J connectivity index is 1.86. The van der Waals surface area contributed by atoms with Crippen molar-refractivity contribution < 1.29 is 18.3 Å². The Kier molecular flexibility index (Phi) is 6.34. The zero-order chi connectivity index (χ0) is 21.9. The van der Waals surface area contributed by atoms with Crippen molar-refractivity contribution in [1.82, 2.24) is 10.3 Å². The van der Waals surface area contributed by atoms with Crippen LogP contribution in [0.5, 0.6) is 0 Å². The average Bonchev–Trinajstić information content (AvgIpc) is 2.72. The molecule has 0 saturated carbocycles. The quantitative estimate of drug-likeness (QED) is 0.633. The third-order valence-corrected chi connectivity index (χ3v) is 5.85. The molecule has 0 radical (unpaired) electrons. The molecule has 6 nitrogen and oxygen atoms in total. The number of benzene rings is 2. The van der Waals surface area contributed by atoms with Crippen LogP contribution in [0.3, 0.4) is 0 Å². The standard InChI is InChI=1S/C23H24N2O4S/c1-15-4-7-17(8-5-15)19-10-20(12-21(11-19)30(3,28)29)23(27)25-14-22(26)18-9-6-16(2)24-13-18/h4-13,22,26H,14H2,1-3H3,(H,25,27). The van der Waals surface area contributed by atoms with Gasteiger partial charge in [-0.05, 0) is 49.2 Å². The number of rotatable bonds is 6. The van der Waals surface area contributed by atoms with Gasteiger partial charge in [0.05, 0.1) is 11.0 Å². The minimum Gasteiger partial charge on any atom is -0.387 e. The number of amides is 1. The highest BCUT2D eigenvalue weighted by Gasteiger charge is 2.16. The minimum absolute atomic E-state index is 0.0213. The molecule has 1 atom stereocenters. The number of sulfone groups is 1. The van der Waals surface area contributed by atoms with Crippen molar-refractivity contribution in [1.29, 1.82) is 0 Å². The lowest BCUT2D eigenvalue weighted by Gasteiger charge is -2.14. The molecule has 30 heavy (non-hydrogen) atoms. The summed E-state index contributed by atoms with van der Waals surface area (Å²) in [4.78, 5) is 16.9. The van der Waals surface area contributed by atoms with E-state index >= 15 is 0 Å². The van der Waals surface area contributed by atoms with Gasteiger partial charge in [-0.25, -0.2) is 8.42 Å². The number of nitrogens with one attached hydrogen (secondary N) is 1. The van der Waals surface area contributed by atoms with Crippen LogP contribution in [0.15, 0.2) is 65.7 Å². The van der Waals surface area contributed by atoms with Crippen LogP contribution in [-0.4, -0.2) is 37.2 Å². The Morgan fingerprint density at radius 3 is 2.33 bits per heavy atom. The van der Waals surface area contributed by atoms with Crippen molar-refractivity contribution in [3.8, 4) is 11.1 Å². The van der Waals surface area contributed by atoms with Gasteiger partial charge in [0.25, 0.3) is 5.91 Å². The number of aromatic nitrogens is 1. The molecule has 3 rings (SSSR count). The molecule has 1 heterocycles. The summed E-state index contributed by atoms with van der Waals surface area (Å²) in [6, 6.07) is 15.7. The van der Waals surface area contributed by atoms with Crippen LogP contribution < -0.4 is 5.32 Å². The van der Waals surface area contributed by atoms with Crippen molar-refractivity contribution in [3.63, 3.8) is 0 Å². The van der Waals surface area contributed by atoms with Crippen LogP contribution in [-0.2, 0) is 9.84 Å². The van der Waals surface area contributed by atoms with Crippen LogP contribution in [0.2, 0.25) is 0 Å². The van der Waals surface area contributed by atoms with Gasteiger partial charge in [-0.15, -0.1) is 0 Å². The fourth-order valence-electron chi connectivity index (χ4n) is 2.94. The van der Waals surface area contributed by atoms with Gasteiger partial charge < -0.3 is 10.4 Å². The molecule has 156 valence electrons. The summed E-state index contributed by atoms with van der Waals surface area (Å²) in [5.41, 5.74) is 4.15. The summed E-state index contributed by atoms with van der Waals surface area (Å²) in [5, 5.41) is 13.0. The molecule has 1 amide bonds. The molecule has 0 aliphatic heterocycles. The van der Waals surface area contributed by atoms with Crippen LogP contribution >= 0.6 is 0 Å². The largest absolute Gasteiger partial charge is 0.387 e. The summed E-state index contributed by atoms with van der Waals surface area (Å²) in [6.45, 7) is 3.79. The molecule has 0 saturated heterocycles. The number of hydrogen-bond donors (Lipinski definition) is 2. The summed E-state index contributed by atoms with van der Waals surface area (Å²) in [6.07, 6.45) is 1.75. The zero-order valence-corrected chi connectivity index (χ0v) is 17.9. The van der Waals surface area contributed by atoms with E-state index in [4.69, 9.17) is 0 Å². The highest BCUT2D eigenvalue weighted by Crippen LogP contribution is 2.25. The Bertz CT molecular complexity index is 1150. The molecule has 1 unspecified atom stereocenters. The molecule has 0 bridgehead atoms. The molecule has 2 aromatic carbocycles. The lowest BCUT2D eigenvalue weighted by molar-refractivity contribution is 0.0916. The van der Waals surface area contributed by atoms with Crippen molar-refractivity contribution in [2.45, 2.75) is 24.8 Å². The molecule has 0 spiro atoms. The Labute approximate surface area is 176 Å². The second-order valence-corrected chi connectivity index (χ2v) is 9.36. The normalized spacial score (nSPS) is 12.4. The average molecular weight is 425 g/mol. The third kappa shape index (κ3) is 5.31. The molecular weight excluding hydrogens is 400 g/mol. The SMILES string of the molecule is Cc1ccc(-c2cc(C(=O)NCC(O)c3ccc(C)nc3)cc(S(C)(=O)=O)c2)cc1. The molecule has 2 N–H and O–H groups in total. The third-order valence-electron chi connectivity index (χ3n) is 4.76. The van der Waals surface area contributed by atoms with Gasteiger partial charge in [0, 0.05) is 35.8 Å². The smallest absolute Gasteiger partial charge is 0.251 e. The van der Waals surface area contributed by atoms with Crippen LogP contribution in [0.1, 0.15) is 33.3 Å². The van der Waals surface area contributed by atoms with E-state index in [1.54, 1.807) is 30.5 Å². The first-order valence-electron chi connectivity index (χ1n) is 9.44. The summed E-state index contributed by atoms with van der Waals surface area (Å²) >= 11 is 0. The highest BCUT2D eigenvalue weighted by molar-refractivity contribution is 7.90. The van der Waals surface area contributed by atoms with E-state index in [1.807, 2.05) is 38.1 Å². The number of pyridine rings is 1. The molecule has 0 aliphatic rings. The second-order valence-electron chi connectivity index (χ2n) is 7.34. The zero-order valence-electron chi connectivity index (χ0n) is 17.1. The first-order valence-corrected chi connectivity index (χ1v) is 11.3. The van der Waals surface area contributed by atoms with Crippen LogP contribution in [0, 0.1) is 13.8 Å². The first-order chi connectivity index (χ1) is 14.1. The van der Waals surface area contributed by atoms with Crippen LogP contribution in [0.4, 0.5) is 0 Å². The number of nitrogens with zero attached hydrogens (tertiary/aromatic N) is 1. The Morgan fingerprint density at radius 2 is 1.73 bits per heavy atom. The molecular formula is C23H24N2O4S. The van der Waals surface area contributed by atoms with Gasteiger partial charge in [0.1, 0.15) is 0 Å². The molecule has 0 fully saturated rings. The van der Waals surface area contributed by atoms with Gasteiger partial charge in [0.15, 0.2) is 9.84 Å². The van der Waals surface area contributed by atoms with Crippen molar-refractivity contribution in [3.05, 3.63) is 83.2 Å². The fraction of sp³-hybridized carbons (Fsp3) is 0.217. The number of aryl methyl sites for hydroxylation is 2. The molecule has 3 aromatic rings. The van der Waals surface area contributed by atoms with Gasteiger partial charge >= 0.3 is 0 Å². The maximum absolute atomic E-state index is 12.7. The molecule has 7 heteroatoms. The Hall–Kier alpha value is -3.03. The van der Waals surface area contributed by atoms with Crippen molar-refractivity contribution in [2.75, 3.05) is 12.8 Å². The monoisotopic (exact) mass is 424 g/mol. The maximum Gasteiger partial charge on any atom is 0.251 e. The maximum atomic E-state index is 12.7. The summed E-state index contributed by atoms with van der Waals surface area (Å²) < 4.78 is 24.3. The molecule has 1 aromatic heterocycles. The van der Waals surface area contributed by atoms with Gasteiger partial charge in [-0.1, -0.05) is 35.9 Å². The fourth-order valence-corrected chi connectivity index (χ4v) is 3.62. The lowest BCUT2D eigenvalue weighted by atomic mass is 10.0. The van der Waals surface area contributed by atoms with Crippen molar-refractivity contribution >= 4 is 15.7 Å². The minimum atomic E-state index is -3.51. The predicted molar refractivity (Wildman–Crippen MR) is 116 cm³/mol. The van der Waals surface area contributed by atoms with E-state index in [9.17, 15) is 18.3 Å². The second kappa shape index (κ2) is 8.77. The number of aliphatic hydroxyl groups is 1. The van der Waals surface area contributed by atoms with Gasteiger partial charge in [0.2, 0.25) is 0 Å². The van der Waals surface area contributed by atoms with Crippen LogP contribution in [0.25, 0.3) is 11.1 Å². The summed E-state index contributed by atoms with van der Waals surface area (Å²) in [7, 11) is -3.51. The predicted octanol–water partition coefficient (Wildman–Crippen LogP) is 3.23. The van der Waals surface area contributed by atoms with Crippen molar-refractivity contribution in [2.24, 2.45) is 0 Å². The first kappa shape index (κ1) is 21.7. The number of carbonyl (C=O) groups excluding carboxylic acids is 1. The summed E-state index contributed by atoms with van der Waals surface area (Å²) in [5.74, 6) is -0.465. The van der Waals surface area contributed by atoms with E-state index in [0.29, 0.717) is 11.1 Å². The highest BCUT2D eigenvalue weighted by atomic mass is 32.2. The molecule has 0 aliphatic carbocycles.